The zero-order valence-corrected chi connectivity index (χ0v) is 9.98. The molecule has 0 unspecified atom stereocenters. The molecule has 0 N–H and O–H groups in total. The Balaban J connectivity index is 2.54. The minimum Gasteiger partial charge on any atom is -0.253 e. The summed E-state index contributed by atoms with van der Waals surface area (Å²) >= 11 is 11.8. The predicted molar refractivity (Wildman–Crippen MR) is 64.4 cm³/mol. The van der Waals surface area contributed by atoms with Gasteiger partial charge in [-0.25, -0.2) is 4.39 Å². The normalized spacial score (nSPS) is 10.5. The van der Waals surface area contributed by atoms with Gasteiger partial charge >= 0.3 is 0 Å². The molecule has 0 amide bonds. The quantitative estimate of drug-likeness (QED) is 0.731. The van der Waals surface area contributed by atoms with Crippen LogP contribution in [0.1, 0.15) is 5.56 Å². The van der Waals surface area contributed by atoms with Crippen LogP contribution in [0.3, 0.4) is 0 Å². The molecule has 1 heterocycles. The highest BCUT2D eigenvalue weighted by atomic mass is 35.5. The van der Waals surface area contributed by atoms with Crippen LogP contribution in [0.25, 0.3) is 11.3 Å². The Morgan fingerprint density at radius 2 is 1.94 bits per heavy atom. The summed E-state index contributed by atoms with van der Waals surface area (Å²) in [5, 5.41) is 1.07. The van der Waals surface area contributed by atoms with E-state index in [0.717, 1.165) is 5.56 Å². The van der Waals surface area contributed by atoms with Crippen molar-refractivity contribution < 1.29 is 4.39 Å². The van der Waals surface area contributed by atoms with Crippen molar-refractivity contribution in [2.75, 3.05) is 0 Å². The van der Waals surface area contributed by atoms with Crippen LogP contribution in [0.5, 0.6) is 0 Å². The van der Waals surface area contributed by atoms with Crippen molar-refractivity contribution in [1.29, 1.82) is 0 Å². The van der Waals surface area contributed by atoms with Crippen molar-refractivity contribution in [2.24, 2.45) is 0 Å². The first-order valence-corrected chi connectivity index (χ1v) is 5.41. The van der Waals surface area contributed by atoms with Crippen LogP contribution in [0.15, 0.2) is 30.5 Å². The maximum Gasteiger partial charge on any atom is 0.144 e. The van der Waals surface area contributed by atoms with Crippen LogP contribution < -0.4 is 0 Å². The highest BCUT2D eigenvalue weighted by molar-refractivity contribution is 6.36. The maximum absolute atomic E-state index is 13.1. The van der Waals surface area contributed by atoms with E-state index in [-0.39, 0.29) is 5.82 Å². The zero-order valence-electron chi connectivity index (χ0n) is 8.47. The zero-order chi connectivity index (χ0) is 11.7. The average Bonchev–Trinajstić information content (AvgIpc) is 2.22. The first-order chi connectivity index (χ1) is 7.58. The molecule has 0 atom stereocenters. The van der Waals surface area contributed by atoms with Crippen LogP contribution in [0.4, 0.5) is 4.39 Å². The van der Waals surface area contributed by atoms with E-state index in [4.69, 9.17) is 23.2 Å². The van der Waals surface area contributed by atoms with Gasteiger partial charge in [-0.3, -0.25) is 4.98 Å². The molecule has 82 valence electrons. The molecule has 0 aliphatic carbocycles. The maximum atomic E-state index is 13.1. The Bertz CT molecular complexity index is 541. The molecule has 0 aliphatic rings. The highest BCUT2D eigenvalue weighted by Gasteiger charge is 2.07. The molecular weight excluding hydrogens is 248 g/mol. The highest BCUT2D eigenvalue weighted by Crippen LogP contribution is 2.29. The molecule has 1 aromatic heterocycles. The summed E-state index contributed by atoms with van der Waals surface area (Å²) in [6.45, 7) is 1.68. The van der Waals surface area contributed by atoms with Crippen molar-refractivity contribution in [1.82, 2.24) is 4.98 Å². The van der Waals surface area contributed by atoms with E-state index in [9.17, 15) is 4.39 Å². The Morgan fingerprint density at radius 3 is 2.56 bits per heavy atom. The van der Waals surface area contributed by atoms with Gasteiger partial charge in [-0.15, -0.1) is 0 Å². The molecule has 2 rings (SSSR count). The van der Waals surface area contributed by atoms with Gasteiger partial charge in [0.15, 0.2) is 0 Å². The first kappa shape index (κ1) is 11.4. The van der Waals surface area contributed by atoms with Crippen LogP contribution in [-0.2, 0) is 0 Å². The van der Waals surface area contributed by atoms with Gasteiger partial charge < -0.3 is 0 Å². The lowest BCUT2D eigenvalue weighted by Crippen LogP contribution is -1.89. The third kappa shape index (κ3) is 2.18. The van der Waals surface area contributed by atoms with E-state index < -0.39 is 0 Å². The smallest absolute Gasteiger partial charge is 0.144 e. The number of hydrogen-bond acceptors (Lipinski definition) is 1. The minimum absolute atomic E-state index is 0.325. The summed E-state index contributed by atoms with van der Waals surface area (Å²) in [7, 11) is 0. The molecule has 2 aromatic rings. The molecule has 0 saturated heterocycles. The fraction of sp³-hybridized carbons (Fsp3) is 0.0833. The van der Waals surface area contributed by atoms with Gasteiger partial charge in [0.2, 0.25) is 0 Å². The Kier molecular flexibility index (Phi) is 3.13. The molecule has 0 spiro atoms. The lowest BCUT2D eigenvalue weighted by atomic mass is 10.1. The first-order valence-electron chi connectivity index (χ1n) is 4.65. The Hall–Kier alpha value is -1.12. The van der Waals surface area contributed by atoms with Gasteiger partial charge in [0.25, 0.3) is 0 Å². The Morgan fingerprint density at radius 1 is 1.19 bits per heavy atom. The lowest BCUT2D eigenvalue weighted by molar-refractivity contribution is 0.612. The van der Waals surface area contributed by atoms with E-state index >= 15 is 0 Å². The average molecular weight is 256 g/mol. The molecule has 16 heavy (non-hydrogen) atoms. The Labute approximate surface area is 103 Å². The topological polar surface area (TPSA) is 12.9 Å². The molecule has 0 saturated carbocycles. The van der Waals surface area contributed by atoms with E-state index in [2.05, 4.69) is 4.98 Å². The van der Waals surface area contributed by atoms with Crippen LogP contribution >= 0.6 is 23.2 Å². The van der Waals surface area contributed by atoms with Crippen molar-refractivity contribution in [3.63, 3.8) is 0 Å². The number of nitrogens with zero attached hydrogens (tertiary/aromatic N) is 1. The molecular formula is C12H8Cl2FN. The van der Waals surface area contributed by atoms with E-state index in [0.29, 0.717) is 21.3 Å². The van der Waals surface area contributed by atoms with E-state index in [1.807, 2.05) is 0 Å². The summed E-state index contributed by atoms with van der Waals surface area (Å²) in [5.74, 6) is -0.325. The SMILES string of the molecule is Cc1cc(-c2ccc(Cl)cc2Cl)ncc1F. The number of halogens is 3. The second kappa shape index (κ2) is 4.40. The van der Waals surface area contributed by atoms with Gasteiger partial charge in [-0.2, -0.15) is 0 Å². The lowest BCUT2D eigenvalue weighted by Gasteiger charge is -2.05. The number of aryl methyl sites for hydroxylation is 1. The van der Waals surface area contributed by atoms with Gasteiger partial charge in [0, 0.05) is 10.6 Å². The summed E-state index contributed by atoms with van der Waals surface area (Å²) < 4.78 is 13.1. The standard InChI is InChI=1S/C12H8Cl2FN/c1-7-4-12(16-6-11(7)15)9-3-2-8(13)5-10(9)14/h2-6H,1H3. The van der Waals surface area contributed by atoms with Crippen molar-refractivity contribution in [2.45, 2.75) is 6.92 Å². The number of benzene rings is 1. The number of pyridine rings is 1. The van der Waals surface area contributed by atoms with Crippen LogP contribution in [0.2, 0.25) is 10.0 Å². The fourth-order valence-electron chi connectivity index (χ4n) is 1.38. The van der Waals surface area contributed by atoms with Crippen molar-refractivity contribution >= 4 is 23.2 Å². The molecule has 1 nitrogen and oxygen atoms in total. The second-order valence-electron chi connectivity index (χ2n) is 3.44. The predicted octanol–water partition coefficient (Wildman–Crippen LogP) is 4.50. The summed E-state index contributed by atoms with van der Waals surface area (Å²) in [4.78, 5) is 4.00. The van der Waals surface area contributed by atoms with Crippen LogP contribution in [0, 0.1) is 12.7 Å². The summed E-state index contributed by atoms with van der Waals surface area (Å²) in [5.41, 5.74) is 1.92. The molecule has 0 radical (unpaired) electrons. The second-order valence-corrected chi connectivity index (χ2v) is 4.29. The number of aromatic nitrogens is 1. The molecule has 0 fully saturated rings. The van der Waals surface area contributed by atoms with Crippen molar-refractivity contribution in [3.8, 4) is 11.3 Å². The third-order valence-electron chi connectivity index (χ3n) is 2.25. The fourth-order valence-corrected chi connectivity index (χ4v) is 1.89. The molecule has 1 aromatic carbocycles. The van der Waals surface area contributed by atoms with E-state index in [1.54, 1.807) is 31.2 Å². The van der Waals surface area contributed by atoms with Gasteiger partial charge in [0.1, 0.15) is 5.82 Å². The molecule has 0 aliphatic heterocycles. The molecule has 0 bridgehead atoms. The van der Waals surface area contributed by atoms with Crippen LogP contribution in [-0.4, -0.2) is 4.98 Å². The van der Waals surface area contributed by atoms with E-state index in [1.165, 1.54) is 6.20 Å². The van der Waals surface area contributed by atoms with Crippen molar-refractivity contribution in [3.05, 3.63) is 51.9 Å². The van der Waals surface area contributed by atoms with Gasteiger partial charge in [0.05, 0.1) is 16.9 Å². The summed E-state index contributed by atoms with van der Waals surface area (Å²) in [6, 6.07) is 6.79. The minimum atomic E-state index is -0.325. The summed E-state index contributed by atoms with van der Waals surface area (Å²) in [6.07, 6.45) is 1.19. The number of rotatable bonds is 1. The number of hydrogen-bond donors (Lipinski definition) is 0. The molecule has 4 heteroatoms. The largest absolute Gasteiger partial charge is 0.253 e. The van der Waals surface area contributed by atoms with Gasteiger partial charge in [-0.05, 0) is 36.8 Å². The third-order valence-corrected chi connectivity index (χ3v) is 2.80. The monoisotopic (exact) mass is 255 g/mol. The van der Waals surface area contributed by atoms with Gasteiger partial charge in [-0.1, -0.05) is 23.2 Å².